The first-order valence-corrected chi connectivity index (χ1v) is 39.2. The van der Waals surface area contributed by atoms with E-state index in [1.165, 1.54) is 76.5 Å². The van der Waals surface area contributed by atoms with Gasteiger partial charge in [-0.2, -0.15) is 0 Å². The number of halogens is 6. The van der Waals surface area contributed by atoms with Gasteiger partial charge in [0.05, 0.1) is 29.0 Å². The molecule has 0 amide bonds. The van der Waals surface area contributed by atoms with Crippen LogP contribution in [0.2, 0.25) is 0 Å². The number of nitrogens with zero attached hydrogens (tertiary/aromatic N) is 6. The zero-order valence-electron chi connectivity index (χ0n) is 58.8. The molecule has 9 heterocycles. The van der Waals surface area contributed by atoms with Crippen LogP contribution < -0.4 is 40.8 Å². The number of aromatic nitrogens is 3. The highest BCUT2D eigenvalue weighted by Crippen LogP contribution is 2.61. The van der Waals surface area contributed by atoms with Crippen LogP contribution in [0, 0.1) is 51.1 Å². The number of carbonyl (C=O) groups excluding carboxylic acids is 2. The number of hydrogen-bond acceptors (Lipinski definition) is 15. The van der Waals surface area contributed by atoms with Crippen molar-refractivity contribution in [2.75, 3.05) is 34.7 Å². The Morgan fingerprint density at radius 2 is 0.755 bits per heavy atom. The topological polar surface area (TPSA) is 169 Å². The second-order valence-electron chi connectivity index (χ2n) is 29.5. The van der Waals surface area contributed by atoms with Crippen LogP contribution in [0.3, 0.4) is 0 Å². The van der Waals surface area contributed by atoms with E-state index in [1.807, 2.05) is 143 Å². The molecule has 15 nitrogen and oxygen atoms in total. The smallest absolute Gasteiger partial charge is 0.224 e. The third-order valence-corrected chi connectivity index (χ3v) is 26.3. The number of aliphatic hydroxyl groups is 1. The second-order valence-corrected chi connectivity index (χ2v) is 32.5. The van der Waals surface area contributed by atoms with Gasteiger partial charge in [-0.25, -0.2) is 26.3 Å². The largest absolute Gasteiger partial charge is 0.503 e. The van der Waals surface area contributed by atoms with Crippen LogP contribution in [0.25, 0.3) is 0 Å². The maximum absolute atomic E-state index is 15.2. The van der Waals surface area contributed by atoms with Gasteiger partial charge in [-0.1, -0.05) is 133 Å². The lowest BCUT2D eigenvalue weighted by Crippen LogP contribution is -2.52. The van der Waals surface area contributed by atoms with Crippen molar-refractivity contribution >= 4 is 46.9 Å². The van der Waals surface area contributed by atoms with E-state index < -0.39 is 86.6 Å². The number of pyridine rings is 3. The van der Waals surface area contributed by atoms with Gasteiger partial charge in [0.15, 0.2) is 75.1 Å². The highest BCUT2D eigenvalue weighted by atomic mass is 32.2. The Morgan fingerprint density at radius 1 is 0.391 bits per heavy atom. The van der Waals surface area contributed by atoms with Gasteiger partial charge in [0, 0.05) is 110 Å². The van der Waals surface area contributed by atoms with Crippen molar-refractivity contribution in [3.05, 3.63) is 351 Å². The van der Waals surface area contributed by atoms with E-state index >= 15 is 8.78 Å². The Hall–Kier alpha value is -10.7. The monoisotopic (exact) mass is 1540 g/mol. The maximum atomic E-state index is 15.2. The number of ketones is 2. The number of benzene rings is 8. The summed E-state index contributed by atoms with van der Waals surface area (Å²) in [4.78, 5) is 68.4. The second kappa shape index (κ2) is 27.7. The molecule has 20 rings (SSSR count). The zero-order chi connectivity index (χ0) is 75.6. The lowest BCUT2D eigenvalue weighted by molar-refractivity contribution is 0.0605. The normalized spacial score (nSPS) is 19.8. The molecule has 2 N–H and O–H groups in total. The van der Waals surface area contributed by atoms with Gasteiger partial charge >= 0.3 is 0 Å². The number of aliphatic hydroxyl groups excluding tert-OH is 1. The summed E-state index contributed by atoms with van der Waals surface area (Å²) in [6.45, 7) is 1.56. The van der Waals surface area contributed by atoms with Crippen molar-refractivity contribution in [3.8, 4) is 17.2 Å². The SMILES string of the molecule is O=C1c2c(O)c(=O)ccn2N(C2c3ccccc3SCc3c2ccc(F)c3F)CC12CC2.O=C1c2c(OCc3ccccc3)c(=O)ccn2N(C2c3ccccc3SCc3c2ccc(F)c3F)CC12CC2.O=c1ccn2c(c1OCc1ccccc1)C(O)C1(CC1)CN2C1c2ccccc2SCc2c1ccc(F)c2F. The standard InChI is InChI=1S/C31H26F2N2O3S.C31H24F2N2O3S.C24H18F2N2O3S/c2*32-23-11-10-20-22(26(23)33)17-39-25-9-5-4-8-21(25)27(20)35-18-31(13-14-31)30(37)28-29(24(36)12-15-34(28)35)38-16-19-6-2-1-3-7-19;25-16-6-5-13-15(19(16)26)11-32-18-4-2-1-3-14(18)20(13)28-12-24(8-9-24)23(31)21-22(30)17(29)7-10-27(21)28/h1-12,15,27,30,37H,13-14,16-18H2;1-12,15,27H,13-14,16-18H2;1-7,10,20,30H,8-9,11-12H2. The summed E-state index contributed by atoms with van der Waals surface area (Å²) < 4.78 is 105. The van der Waals surface area contributed by atoms with Crippen LogP contribution >= 0.6 is 35.3 Å². The summed E-state index contributed by atoms with van der Waals surface area (Å²) in [6, 6.07) is 53.4. The van der Waals surface area contributed by atoms with Crippen molar-refractivity contribution in [2.45, 2.75) is 108 Å². The quantitative estimate of drug-likeness (QED) is 0.131. The molecule has 3 aliphatic carbocycles. The van der Waals surface area contributed by atoms with Crippen LogP contribution in [-0.4, -0.2) is 55.4 Å². The molecule has 4 unspecified atom stereocenters. The number of fused-ring (bicyclic) bond motifs is 9. The fraction of sp³-hybridized carbons (Fsp3) is 0.244. The lowest BCUT2D eigenvalue weighted by atomic mass is 9.89. The van der Waals surface area contributed by atoms with E-state index in [4.69, 9.17) is 9.47 Å². The minimum absolute atomic E-state index is 0.0177. The summed E-state index contributed by atoms with van der Waals surface area (Å²) in [5.74, 6) is -5.14. The molecule has 110 heavy (non-hydrogen) atoms. The zero-order valence-corrected chi connectivity index (χ0v) is 61.2. The Bertz CT molecular complexity index is 5800. The number of hydrogen-bond donors (Lipinski definition) is 2. The molecule has 0 bridgehead atoms. The van der Waals surface area contributed by atoms with Gasteiger partial charge in [0.1, 0.15) is 25.0 Å². The molecular weight excluding hydrogens is 1470 g/mol. The molecule has 3 aromatic heterocycles. The van der Waals surface area contributed by atoms with Gasteiger partial charge in [-0.05, 0) is 119 Å². The predicted octanol–water partition coefficient (Wildman–Crippen LogP) is 16.0. The number of carbonyl (C=O) groups is 2. The van der Waals surface area contributed by atoms with Crippen molar-refractivity contribution in [1.29, 1.82) is 0 Å². The van der Waals surface area contributed by atoms with Gasteiger partial charge < -0.3 is 24.7 Å². The first-order chi connectivity index (χ1) is 53.3. The molecule has 3 spiro atoms. The van der Waals surface area contributed by atoms with Crippen LogP contribution in [0.5, 0.6) is 17.2 Å². The average Bonchev–Trinajstić information content (AvgIpc) is 1.49. The minimum atomic E-state index is -0.900. The Labute approximate surface area is 639 Å². The van der Waals surface area contributed by atoms with E-state index in [0.717, 1.165) is 61.4 Å². The Morgan fingerprint density at radius 3 is 1.18 bits per heavy atom. The first kappa shape index (κ1) is 71.0. The summed E-state index contributed by atoms with van der Waals surface area (Å²) in [5, 5.41) is 28.2. The van der Waals surface area contributed by atoms with Crippen molar-refractivity contribution in [3.63, 3.8) is 0 Å². The van der Waals surface area contributed by atoms with Crippen molar-refractivity contribution in [1.82, 2.24) is 14.0 Å². The molecule has 9 aliphatic rings. The first-order valence-electron chi connectivity index (χ1n) is 36.3. The predicted molar refractivity (Wildman–Crippen MR) is 406 cm³/mol. The third-order valence-electron chi connectivity index (χ3n) is 22.9. The Kier molecular flexibility index (Phi) is 17.9. The van der Waals surface area contributed by atoms with E-state index in [1.54, 1.807) is 39.9 Å². The minimum Gasteiger partial charge on any atom is -0.503 e. The van der Waals surface area contributed by atoms with Crippen molar-refractivity contribution in [2.24, 2.45) is 16.2 Å². The number of ether oxygens (including phenoxy) is 2. The molecule has 556 valence electrons. The lowest BCUT2D eigenvalue weighted by Gasteiger charge is -2.46. The number of Topliss-reactive ketones (excluding diaryl/α,β-unsaturated/α-hetero) is 2. The molecule has 0 saturated heterocycles. The molecule has 3 saturated carbocycles. The molecule has 11 aromatic rings. The van der Waals surface area contributed by atoms with E-state index in [9.17, 15) is 51.7 Å². The van der Waals surface area contributed by atoms with Gasteiger partial charge in [-0.3, -0.25) is 48.0 Å². The number of aromatic hydroxyl groups is 1. The molecule has 3 fully saturated rings. The molecule has 6 aliphatic heterocycles. The van der Waals surface area contributed by atoms with Crippen LogP contribution in [0.1, 0.15) is 151 Å². The van der Waals surface area contributed by atoms with Gasteiger partial charge in [-0.15, -0.1) is 35.3 Å². The highest BCUT2D eigenvalue weighted by Gasteiger charge is 2.60. The molecule has 4 atom stereocenters. The summed E-state index contributed by atoms with van der Waals surface area (Å²) in [7, 11) is 0. The number of thioether (sulfide) groups is 3. The van der Waals surface area contributed by atoms with Gasteiger partial charge in [0.25, 0.3) is 0 Å². The molecule has 24 heteroatoms. The average molecular weight is 1540 g/mol. The van der Waals surface area contributed by atoms with Gasteiger partial charge in [0.2, 0.25) is 16.3 Å². The van der Waals surface area contributed by atoms with Crippen LogP contribution in [0.15, 0.2) is 236 Å². The maximum Gasteiger partial charge on any atom is 0.224 e. The summed E-state index contributed by atoms with van der Waals surface area (Å²) >= 11 is 4.39. The third kappa shape index (κ3) is 12.1. The highest BCUT2D eigenvalue weighted by molar-refractivity contribution is 7.99. The molecular formula is C86H68F6N6O9S3. The summed E-state index contributed by atoms with van der Waals surface area (Å²) in [6.07, 6.45) is 8.11. The molecule has 0 radical (unpaired) electrons. The van der Waals surface area contributed by atoms with E-state index in [-0.39, 0.29) is 75.6 Å². The summed E-state index contributed by atoms with van der Waals surface area (Å²) in [5.41, 5.74) is 4.94. The van der Waals surface area contributed by atoms with E-state index in [2.05, 4.69) is 5.01 Å². The van der Waals surface area contributed by atoms with E-state index in [0.29, 0.717) is 84.6 Å². The van der Waals surface area contributed by atoms with Crippen LogP contribution in [-0.2, 0) is 30.5 Å². The number of rotatable bonds is 9. The van der Waals surface area contributed by atoms with Crippen molar-refractivity contribution < 1.29 is 55.6 Å². The fourth-order valence-corrected chi connectivity index (χ4v) is 19.9. The Balaban J connectivity index is 0.000000116. The fourth-order valence-electron chi connectivity index (χ4n) is 16.6. The molecule has 8 aromatic carbocycles. The van der Waals surface area contributed by atoms with Crippen LogP contribution in [0.4, 0.5) is 26.3 Å².